The predicted molar refractivity (Wildman–Crippen MR) is 108 cm³/mol. The summed E-state index contributed by atoms with van der Waals surface area (Å²) in [5, 5.41) is 23.9. The Morgan fingerprint density at radius 3 is 2.75 bits per heavy atom. The number of aliphatic imine (C=N–C) groups is 1. The lowest BCUT2D eigenvalue weighted by atomic mass is 10.1. The number of phenols is 1. The zero-order valence-corrected chi connectivity index (χ0v) is 16.1. The number of phenolic OH excluding ortho intramolecular Hbond substituents is 1. The summed E-state index contributed by atoms with van der Waals surface area (Å²) in [6.45, 7) is 3.71. The molecule has 0 aliphatic heterocycles. The van der Waals surface area contributed by atoms with Gasteiger partial charge in [-0.05, 0) is 37.1 Å². The molecule has 8 nitrogen and oxygen atoms in total. The predicted octanol–water partition coefficient (Wildman–Crippen LogP) is 4.50. The number of hydrogen-bond acceptors (Lipinski definition) is 6. The van der Waals surface area contributed by atoms with E-state index >= 15 is 0 Å². The number of nitro groups is 1. The Labute approximate surface area is 163 Å². The molecule has 0 spiro atoms. The molecule has 2 aromatic carbocycles. The van der Waals surface area contributed by atoms with Crippen molar-refractivity contribution in [3.05, 3.63) is 51.6 Å². The van der Waals surface area contributed by atoms with E-state index in [1.807, 2.05) is 6.92 Å². The fourth-order valence-electron chi connectivity index (χ4n) is 2.58. The van der Waals surface area contributed by atoms with Gasteiger partial charge in [0.1, 0.15) is 5.75 Å². The maximum atomic E-state index is 11.9. The monoisotopic (exact) mass is 385 g/mol. The Balaban J connectivity index is 2.25. The van der Waals surface area contributed by atoms with Gasteiger partial charge in [0.2, 0.25) is 11.7 Å². The maximum absolute atomic E-state index is 11.9. The van der Waals surface area contributed by atoms with Gasteiger partial charge in [-0.15, -0.1) is 0 Å². The number of aryl methyl sites for hydroxylation is 1. The smallest absolute Gasteiger partial charge is 0.311 e. The molecule has 2 rings (SSSR count). The summed E-state index contributed by atoms with van der Waals surface area (Å²) in [5.74, 6) is -0.0848. The van der Waals surface area contributed by atoms with Gasteiger partial charge in [-0.2, -0.15) is 0 Å². The van der Waals surface area contributed by atoms with Crippen LogP contribution in [0.25, 0.3) is 0 Å². The van der Waals surface area contributed by atoms with Gasteiger partial charge >= 0.3 is 5.69 Å². The summed E-state index contributed by atoms with van der Waals surface area (Å²) in [6.07, 6.45) is 3.53. The summed E-state index contributed by atoms with van der Waals surface area (Å²) < 4.78 is 5.31. The van der Waals surface area contributed by atoms with Crippen molar-refractivity contribution in [3.63, 3.8) is 0 Å². The van der Waals surface area contributed by atoms with E-state index in [-0.39, 0.29) is 17.2 Å². The van der Waals surface area contributed by atoms with Crippen LogP contribution in [0.5, 0.6) is 11.5 Å². The quantitative estimate of drug-likeness (QED) is 0.394. The molecule has 0 bridgehead atoms. The molecular formula is C20H23N3O5. The first-order valence-electron chi connectivity index (χ1n) is 8.85. The van der Waals surface area contributed by atoms with Gasteiger partial charge in [-0.1, -0.05) is 13.3 Å². The number of anilines is 1. The third kappa shape index (κ3) is 5.29. The number of nitrogens with zero attached hydrogens (tertiary/aromatic N) is 2. The molecule has 0 aliphatic carbocycles. The largest absolute Gasteiger partial charge is 0.502 e. The number of methoxy groups -OCH3 is 1. The Bertz CT molecular complexity index is 909. The number of unbranched alkanes of at least 4 members (excludes halogenated alkanes) is 1. The van der Waals surface area contributed by atoms with E-state index in [1.54, 1.807) is 31.2 Å². The number of aromatic hydroxyl groups is 1. The molecule has 148 valence electrons. The molecular weight excluding hydrogens is 362 g/mol. The van der Waals surface area contributed by atoms with Crippen LogP contribution >= 0.6 is 0 Å². The third-order valence-electron chi connectivity index (χ3n) is 4.03. The van der Waals surface area contributed by atoms with Crippen LogP contribution in [-0.2, 0) is 4.79 Å². The number of hydrogen-bond donors (Lipinski definition) is 2. The van der Waals surface area contributed by atoms with E-state index in [2.05, 4.69) is 10.3 Å². The van der Waals surface area contributed by atoms with Gasteiger partial charge in [0, 0.05) is 30.3 Å². The highest BCUT2D eigenvalue weighted by Crippen LogP contribution is 2.32. The normalized spacial score (nSPS) is 10.8. The van der Waals surface area contributed by atoms with E-state index < -0.39 is 10.7 Å². The fourth-order valence-corrected chi connectivity index (χ4v) is 2.58. The lowest BCUT2D eigenvalue weighted by Gasteiger charge is -2.10. The average molecular weight is 385 g/mol. The molecule has 2 aromatic rings. The first-order valence-corrected chi connectivity index (χ1v) is 8.85. The second kappa shape index (κ2) is 9.50. The molecule has 8 heteroatoms. The Morgan fingerprint density at radius 2 is 2.11 bits per heavy atom. The molecule has 0 aliphatic rings. The van der Waals surface area contributed by atoms with Gasteiger partial charge in [0.25, 0.3) is 0 Å². The molecule has 0 unspecified atom stereocenters. The van der Waals surface area contributed by atoms with Gasteiger partial charge in [-0.25, -0.2) is 0 Å². The number of amides is 1. The first kappa shape index (κ1) is 20.9. The van der Waals surface area contributed by atoms with Crippen LogP contribution in [0.2, 0.25) is 0 Å². The van der Waals surface area contributed by atoms with Crippen molar-refractivity contribution in [2.24, 2.45) is 4.99 Å². The van der Waals surface area contributed by atoms with Crippen LogP contribution in [0.1, 0.15) is 37.3 Å². The molecule has 0 heterocycles. The van der Waals surface area contributed by atoms with E-state index in [1.165, 1.54) is 19.4 Å². The second-order valence-electron chi connectivity index (χ2n) is 6.27. The second-order valence-corrected chi connectivity index (χ2v) is 6.27. The van der Waals surface area contributed by atoms with Crippen molar-refractivity contribution < 1.29 is 19.6 Å². The van der Waals surface area contributed by atoms with Crippen molar-refractivity contribution in [2.45, 2.75) is 33.1 Å². The summed E-state index contributed by atoms with van der Waals surface area (Å²) in [4.78, 5) is 26.6. The molecule has 0 fully saturated rings. The highest BCUT2D eigenvalue weighted by molar-refractivity contribution is 5.93. The third-order valence-corrected chi connectivity index (χ3v) is 4.03. The number of benzene rings is 2. The average Bonchev–Trinajstić information content (AvgIpc) is 2.67. The van der Waals surface area contributed by atoms with Crippen molar-refractivity contribution in [1.82, 2.24) is 0 Å². The molecule has 0 atom stereocenters. The molecule has 0 saturated carbocycles. The van der Waals surface area contributed by atoms with Crippen LogP contribution in [0.3, 0.4) is 0 Å². The topological polar surface area (TPSA) is 114 Å². The van der Waals surface area contributed by atoms with Crippen molar-refractivity contribution in [1.29, 1.82) is 0 Å². The Kier molecular flexibility index (Phi) is 7.08. The highest BCUT2D eigenvalue weighted by atomic mass is 16.6. The number of carbonyl (C=O) groups excluding carboxylic acids is 1. The van der Waals surface area contributed by atoms with Gasteiger partial charge in [-0.3, -0.25) is 19.9 Å². The van der Waals surface area contributed by atoms with Gasteiger partial charge in [0.15, 0.2) is 0 Å². The summed E-state index contributed by atoms with van der Waals surface area (Å²) in [7, 11) is 1.49. The summed E-state index contributed by atoms with van der Waals surface area (Å²) in [6, 6.07) is 7.88. The van der Waals surface area contributed by atoms with Crippen LogP contribution in [-0.4, -0.2) is 29.3 Å². The first-order chi connectivity index (χ1) is 13.3. The number of rotatable bonds is 8. The van der Waals surface area contributed by atoms with Crippen LogP contribution in [0, 0.1) is 17.0 Å². The Morgan fingerprint density at radius 1 is 1.36 bits per heavy atom. The number of nitro benzene ring substituents is 1. The zero-order valence-electron chi connectivity index (χ0n) is 16.1. The zero-order chi connectivity index (χ0) is 20.7. The highest BCUT2D eigenvalue weighted by Gasteiger charge is 2.17. The van der Waals surface area contributed by atoms with Gasteiger partial charge < -0.3 is 15.2 Å². The minimum atomic E-state index is -0.640. The Hall–Kier alpha value is -3.42. The summed E-state index contributed by atoms with van der Waals surface area (Å²) >= 11 is 0. The van der Waals surface area contributed by atoms with E-state index in [9.17, 15) is 20.0 Å². The molecule has 28 heavy (non-hydrogen) atoms. The van der Waals surface area contributed by atoms with Crippen molar-refractivity contribution >= 4 is 29.2 Å². The van der Waals surface area contributed by atoms with Crippen LogP contribution < -0.4 is 10.1 Å². The number of ether oxygens (including phenoxy) is 1. The van der Waals surface area contributed by atoms with Crippen molar-refractivity contribution in [2.75, 3.05) is 12.4 Å². The standard InChI is InChI=1S/C20H23N3O5/c1-4-5-6-19(24)22-16-8-7-15(11-18(16)28-3)21-12-14-9-13(2)10-17(20(14)25)23(26)27/h7-12,25H,4-6H2,1-3H3,(H,22,24). The summed E-state index contributed by atoms with van der Waals surface area (Å²) in [5.41, 5.74) is 1.55. The fraction of sp³-hybridized carbons (Fsp3) is 0.300. The van der Waals surface area contributed by atoms with Crippen molar-refractivity contribution in [3.8, 4) is 11.5 Å². The molecule has 0 aromatic heterocycles. The number of carbonyl (C=O) groups is 1. The van der Waals surface area contributed by atoms with E-state index in [4.69, 9.17) is 4.74 Å². The molecule has 1 amide bonds. The van der Waals surface area contributed by atoms with E-state index in [0.717, 1.165) is 12.8 Å². The number of nitrogens with one attached hydrogen (secondary N) is 1. The van der Waals surface area contributed by atoms with E-state index in [0.29, 0.717) is 29.1 Å². The minimum absolute atomic E-state index is 0.0895. The SMILES string of the molecule is CCCCC(=O)Nc1ccc(N=Cc2cc(C)cc([N+](=O)[O-])c2O)cc1OC. The lowest BCUT2D eigenvalue weighted by Crippen LogP contribution is -2.11. The minimum Gasteiger partial charge on any atom is -0.502 e. The van der Waals surface area contributed by atoms with Crippen LogP contribution in [0.15, 0.2) is 35.3 Å². The lowest BCUT2D eigenvalue weighted by molar-refractivity contribution is -0.385. The molecule has 0 radical (unpaired) electrons. The molecule has 2 N–H and O–H groups in total. The van der Waals surface area contributed by atoms with Gasteiger partial charge in [0.05, 0.1) is 23.4 Å². The maximum Gasteiger partial charge on any atom is 0.311 e. The van der Waals surface area contributed by atoms with Crippen LogP contribution in [0.4, 0.5) is 17.1 Å². The molecule has 0 saturated heterocycles.